The van der Waals surface area contributed by atoms with E-state index in [-0.39, 0.29) is 32.1 Å². The lowest BCUT2D eigenvalue weighted by atomic mass is 9.92. The molecule has 0 radical (unpaired) electrons. The number of amides is 3. The van der Waals surface area contributed by atoms with Crippen LogP contribution in [0.5, 0.6) is 5.75 Å². The second-order valence-electron chi connectivity index (χ2n) is 15.3. The monoisotopic (exact) mass is 796 g/mol. The van der Waals surface area contributed by atoms with E-state index in [0.29, 0.717) is 24.2 Å². The van der Waals surface area contributed by atoms with Gasteiger partial charge in [0.05, 0.1) is 0 Å². The number of carbonyl (C=O) groups excluding carboxylic acids is 3. The van der Waals surface area contributed by atoms with Gasteiger partial charge >= 0.3 is 18.3 Å². The van der Waals surface area contributed by atoms with Crippen molar-refractivity contribution in [2.45, 2.75) is 33.2 Å². The fraction of sp³-hybridized carbons (Fsp3) is 0.180. The van der Waals surface area contributed by atoms with Gasteiger partial charge in [-0.3, -0.25) is 0 Å². The lowest BCUT2D eigenvalue weighted by Crippen LogP contribution is -2.35. The summed E-state index contributed by atoms with van der Waals surface area (Å²) in [7, 11) is 3.44. The smallest absolute Gasteiger partial charge is 0.415 e. The minimum atomic E-state index is -0.630. The highest BCUT2D eigenvalue weighted by molar-refractivity contribution is 6.24. The number of benzene rings is 9. The Morgan fingerprint density at radius 3 is 1.42 bits per heavy atom. The molecule has 3 N–H and O–H groups in total. The number of alkyl carbamates (subject to hydrolysis) is 2. The van der Waals surface area contributed by atoms with Crippen LogP contribution in [-0.2, 0) is 35.8 Å². The zero-order chi connectivity index (χ0) is 41.3. The molecule has 9 aromatic rings. The molecule has 9 rings (SSSR count). The molecule has 0 aliphatic heterocycles. The van der Waals surface area contributed by atoms with E-state index in [1.54, 1.807) is 26.2 Å². The summed E-state index contributed by atoms with van der Waals surface area (Å²) in [5.41, 5.74) is 3.64. The zero-order valence-corrected chi connectivity index (χ0v) is 33.7. The number of nitrogens with one attached hydrogen (secondary N) is 3. The van der Waals surface area contributed by atoms with E-state index >= 15 is 0 Å². The van der Waals surface area contributed by atoms with Gasteiger partial charge in [-0.25, -0.2) is 14.4 Å². The summed E-state index contributed by atoms with van der Waals surface area (Å²) in [5.74, 6) is 0.168. The van der Waals surface area contributed by atoms with Crippen molar-refractivity contribution in [2.24, 2.45) is 0 Å². The molecule has 0 fully saturated rings. The number of aryl methyl sites for hydroxylation is 1. The third-order valence-electron chi connectivity index (χ3n) is 11.4. The number of ether oxygens (including phenoxy) is 3. The first-order valence-corrected chi connectivity index (χ1v) is 20.1. The third kappa shape index (κ3) is 7.37. The molecule has 0 saturated heterocycles. The van der Waals surface area contributed by atoms with Crippen molar-refractivity contribution < 1.29 is 28.6 Å². The molecule has 0 spiro atoms. The highest BCUT2D eigenvalue weighted by Crippen LogP contribution is 2.37. The number of nitrogens with zero attached hydrogens (tertiary/aromatic N) is 1. The Hall–Kier alpha value is -7.17. The van der Waals surface area contributed by atoms with Crippen LogP contribution >= 0.6 is 0 Å². The molecule has 0 unspecified atom stereocenters. The summed E-state index contributed by atoms with van der Waals surface area (Å²) < 4.78 is 17.4. The van der Waals surface area contributed by atoms with Crippen LogP contribution in [0.1, 0.15) is 27.8 Å². The fourth-order valence-electron chi connectivity index (χ4n) is 8.43. The van der Waals surface area contributed by atoms with Gasteiger partial charge in [-0.05, 0) is 102 Å². The molecule has 300 valence electrons. The molecule has 10 heteroatoms. The first-order valence-electron chi connectivity index (χ1n) is 20.1. The average Bonchev–Trinajstić information content (AvgIpc) is 3.27. The summed E-state index contributed by atoms with van der Waals surface area (Å²) in [6.07, 6.45) is -1.86. The van der Waals surface area contributed by atoms with Gasteiger partial charge in [-0.1, -0.05) is 115 Å². The second kappa shape index (κ2) is 16.2. The quantitative estimate of drug-likeness (QED) is 0.105. The molecule has 0 saturated carbocycles. The van der Waals surface area contributed by atoms with Gasteiger partial charge in [0.1, 0.15) is 19.0 Å². The minimum absolute atomic E-state index is 0.168. The van der Waals surface area contributed by atoms with E-state index in [1.165, 1.54) is 48.0 Å². The normalized spacial score (nSPS) is 11.6. The van der Waals surface area contributed by atoms with Crippen molar-refractivity contribution in [1.29, 1.82) is 0 Å². The molecule has 0 aliphatic rings. The van der Waals surface area contributed by atoms with E-state index in [9.17, 15) is 14.4 Å². The van der Waals surface area contributed by atoms with Crippen molar-refractivity contribution in [3.8, 4) is 5.75 Å². The number of rotatable bonds is 12. The first-order chi connectivity index (χ1) is 29.2. The van der Waals surface area contributed by atoms with E-state index in [4.69, 9.17) is 14.2 Å². The SMILES string of the molecule is CNCCN(C)C(=O)Oc1c(COC(=O)NCc2ccc3ccc4cccc5ccc2c3c45)cc(C)cc1COC(=O)NCc1ccc2ccc3cccc4ccc1c2c34. The van der Waals surface area contributed by atoms with Crippen molar-refractivity contribution in [3.63, 3.8) is 0 Å². The molecule has 10 nitrogen and oxygen atoms in total. The maximum Gasteiger partial charge on any atom is 0.415 e. The van der Waals surface area contributed by atoms with Gasteiger partial charge in [0, 0.05) is 44.4 Å². The van der Waals surface area contributed by atoms with Crippen LogP contribution in [-0.4, -0.2) is 50.4 Å². The van der Waals surface area contributed by atoms with E-state index in [1.807, 2.05) is 19.1 Å². The summed E-state index contributed by atoms with van der Waals surface area (Å²) in [4.78, 5) is 41.2. The van der Waals surface area contributed by atoms with E-state index in [0.717, 1.165) is 38.2 Å². The Kier molecular flexibility index (Phi) is 10.4. The summed E-state index contributed by atoms with van der Waals surface area (Å²) in [6.45, 7) is 2.95. The summed E-state index contributed by atoms with van der Waals surface area (Å²) >= 11 is 0. The van der Waals surface area contributed by atoms with Crippen LogP contribution in [0.3, 0.4) is 0 Å². The van der Waals surface area contributed by atoms with Crippen LogP contribution in [0.2, 0.25) is 0 Å². The largest absolute Gasteiger partial charge is 0.445 e. The molecule has 0 aromatic heterocycles. The topological polar surface area (TPSA) is 118 Å². The van der Waals surface area contributed by atoms with Crippen molar-refractivity contribution in [2.75, 3.05) is 27.2 Å². The zero-order valence-electron chi connectivity index (χ0n) is 33.7. The Morgan fingerprint density at radius 2 is 0.967 bits per heavy atom. The van der Waals surface area contributed by atoms with Crippen molar-refractivity contribution in [3.05, 3.63) is 149 Å². The van der Waals surface area contributed by atoms with E-state index < -0.39 is 18.3 Å². The number of hydrogen-bond acceptors (Lipinski definition) is 7. The molecule has 0 atom stereocenters. The maximum atomic E-state index is 13.3. The Bertz CT molecular complexity index is 2850. The molecular weight excluding hydrogens is 753 g/mol. The Balaban J connectivity index is 0.900. The summed E-state index contributed by atoms with van der Waals surface area (Å²) in [5, 5.41) is 22.7. The number of carbonyl (C=O) groups is 3. The molecular formula is C50H44N4O6. The number of hydrogen-bond donors (Lipinski definition) is 3. The molecule has 0 heterocycles. The van der Waals surface area contributed by atoms with Gasteiger partial charge in [-0.15, -0.1) is 0 Å². The number of likely N-dealkylation sites (N-methyl/N-ethyl adjacent to an activating group) is 2. The van der Waals surface area contributed by atoms with Gasteiger partial charge in [-0.2, -0.15) is 0 Å². The van der Waals surface area contributed by atoms with Crippen LogP contribution < -0.4 is 20.7 Å². The fourth-order valence-corrected chi connectivity index (χ4v) is 8.43. The van der Waals surface area contributed by atoms with Gasteiger partial charge in [0.2, 0.25) is 0 Å². The standard InChI is InChI=1S/C50H44N4O6/c1-30-24-39(28-58-48(55)52-26-37-16-14-35-12-10-31-6-4-8-33-18-20-41(37)45(35)43(31)33)47(60-50(57)54(3)23-22-51-2)40(25-30)29-59-49(56)53-27-38-17-15-36-13-11-32-7-5-9-34-19-21-42(38)46(36)44(32)34/h4-21,24-25,51H,22-23,26-29H2,1-3H3,(H,52,55)(H,53,56). The molecule has 60 heavy (non-hydrogen) atoms. The molecule has 3 amide bonds. The highest BCUT2D eigenvalue weighted by Gasteiger charge is 2.21. The lowest BCUT2D eigenvalue weighted by Gasteiger charge is -2.21. The Labute approximate surface area is 346 Å². The van der Waals surface area contributed by atoms with Crippen LogP contribution in [0, 0.1) is 6.92 Å². The lowest BCUT2D eigenvalue weighted by molar-refractivity contribution is 0.133. The summed E-state index contributed by atoms with van der Waals surface area (Å²) in [6, 6.07) is 41.3. The van der Waals surface area contributed by atoms with Crippen LogP contribution in [0.4, 0.5) is 14.4 Å². The molecule has 0 aliphatic carbocycles. The third-order valence-corrected chi connectivity index (χ3v) is 11.4. The van der Waals surface area contributed by atoms with Crippen molar-refractivity contribution >= 4 is 82.9 Å². The minimum Gasteiger partial charge on any atom is -0.445 e. The van der Waals surface area contributed by atoms with Crippen molar-refractivity contribution in [1.82, 2.24) is 20.9 Å². The first kappa shape index (κ1) is 38.4. The molecule has 9 aromatic carbocycles. The van der Waals surface area contributed by atoms with Crippen LogP contribution in [0.15, 0.2) is 121 Å². The van der Waals surface area contributed by atoms with Gasteiger partial charge in [0.25, 0.3) is 0 Å². The molecule has 0 bridgehead atoms. The Morgan fingerprint density at radius 1 is 0.550 bits per heavy atom. The van der Waals surface area contributed by atoms with E-state index in [2.05, 4.69) is 113 Å². The predicted octanol–water partition coefficient (Wildman–Crippen LogP) is 10.3. The predicted molar refractivity (Wildman–Crippen MR) is 238 cm³/mol. The van der Waals surface area contributed by atoms with Gasteiger partial charge < -0.3 is 35.1 Å². The maximum absolute atomic E-state index is 13.3. The second-order valence-corrected chi connectivity index (χ2v) is 15.3. The van der Waals surface area contributed by atoms with Gasteiger partial charge in [0.15, 0.2) is 0 Å². The van der Waals surface area contributed by atoms with Crippen LogP contribution in [0.25, 0.3) is 64.6 Å². The highest BCUT2D eigenvalue weighted by atomic mass is 16.6. The average molecular weight is 797 g/mol.